The molecule has 0 bridgehead atoms. The molecule has 0 aromatic heterocycles. The number of alkyl halides is 1. The Hall–Kier alpha value is -0.280. The van der Waals surface area contributed by atoms with Crippen molar-refractivity contribution in [2.75, 3.05) is 7.11 Å². The maximum atomic E-state index is 13.3. The van der Waals surface area contributed by atoms with E-state index in [2.05, 4.69) is 15.9 Å². The molecule has 1 aromatic rings. The van der Waals surface area contributed by atoms with Gasteiger partial charge in [0.1, 0.15) is 0 Å². The van der Waals surface area contributed by atoms with E-state index in [1.54, 1.807) is 6.07 Å². The Bertz CT molecular complexity index is 291. The molecule has 0 aliphatic carbocycles. The number of benzene rings is 1. The Kier molecular flexibility index (Phi) is 3.35. The summed E-state index contributed by atoms with van der Waals surface area (Å²) < 4.78 is 18.1. The molecule has 4 heteroatoms. The van der Waals surface area contributed by atoms with Crippen molar-refractivity contribution in [3.63, 3.8) is 0 Å². The molecule has 0 radical (unpaired) electrons. The molecule has 0 aliphatic rings. The van der Waals surface area contributed by atoms with E-state index < -0.39 is 5.82 Å². The summed E-state index contributed by atoms with van der Waals surface area (Å²) in [6, 6.07) is 3.11. The van der Waals surface area contributed by atoms with Crippen molar-refractivity contribution in [3.05, 3.63) is 28.5 Å². The second kappa shape index (κ2) is 4.10. The number of halogens is 3. The molecule has 0 saturated heterocycles. The zero-order valence-corrected chi connectivity index (χ0v) is 8.75. The van der Waals surface area contributed by atoms with E-state index in [9.17, 15) is 4.39 Å². The van der Waals surface area contributed by atoms with Crippen LogP contribution in [0.15, 0.2) is 12.1 Å². The van der Waals surface area contributed by atoms with Gasteiger partial charge in [0.25, 0.3) is 0 Å². The quantitative estimate of drug-likeness (QED) is 0.734. The lowest BCUT2D eigenvalue weighted by Gasteiger charge is -2.06. The Labute approximate surface area is 83.6 Å². The van der Waals surface area contributed by atoms with Gasteiger partial charge in [-0.15, -0.1) is 0 Å². The zero-order valence-electron chi connectivity index (χ0n) is 6.40. The second-order valence-corrected chi connectivity index (χ2v) is 3.14. The number of rotatable bonds is 2. The first kappa shape index (κ1) is 9.81. The van der Waals surface area contributed by atoms with Crippen LogP contribution in [-0.2, 0) is 5.33 Å². The minimum Gasteiger partial charge on any atom is -0.494 e. The lowest BCUT2D eigenvalue weighted by Crippen LogP contribution is -1.93. The SMILES string of the molecule is COc1ccc(Cl)c(CBr)c1F. The van der Waals surface area contributed by atoms with Crippen molar-refractivity contribution in [2.24, 2.45) is 0 Å². The zero-order chi connectivity index (χ0) is 9.14. The summed E-state index contributed by atoms with van der Waals surface area (Å²) >= 11 is 8.88. The summed E-state index contributed by atoms with van der Waals surface area (Å²) in [5.41, 5.74) is 0.427. The summed E-state index contributed by atoms with van der Waals surface area (Å²) in [6.45, 7) is 0. The molecule has 0 spiro atoms. The van der Waals surface area contributed by atoms with Gasteiger partial charge in [-0.2, -0.15) is 0 Å². The molecule has 66 valence electrons. The maximum absolute atomic E-state index is 13.3. The average Bonchev–Trinajstić information content (AvgIpc) is 2.06. The van der Waals surface area contributed by atoms with E-state index in [1.165, 1.54) is 13.2 Å². The largest absolute Gasteiger partial charge is 0.494 e. The fourth-order valence-electron chi connectivity index (χ4n) is 0.856. The first-order chi connectivity index (χ1) is 5.70. The molecule has 1 rings (SSSR count). The monoisotopic (exact) mass is 252 g/mol. The van der Waals surface area contributed by atoms with Crippen LogP contribution in [0.25, 0.3) is 0 Å². The molecule has 0 heterocycles. The third-order valence-corrected chi connectivity index (χ3v) is 2.42. The van der Waals surface area contributed by atoms with E-state index in [0.29, 0.717) is 15.9 Å². The van der Waals surface area contributed by atoms with E-state index in [4.69, 9.17) is 16.3 Å². The van der Waals surface area contributed by atoms with Crippen LogP contribution < -0.4 is 4.74 Å². The predicted molar refractivity (Wildman–Crippen MR) is 50.6 cm³/mol. The Morgan fingerprint density at radius 2 is 2.25 bits per heavy atom. The molecule has 0 saturated carbocycles. The number of ether oxygens (including phenoxy) is 1. The highest BCUT2D eigenvalue weighted by atomic mass is 79.9. The summed E-state index contributed by atoms with van der Waals surface area (Å²) in [7, 11) is 1.42. The summed E-state index contributed by atoms with van der Waals surface area (Å²) in [5, 5.41) is 0.791. The fraction of sp³-hybridized carbons (Fsp3) is 0.250. The standard InChI is InChI=1S/C8H7BrClFO/c1-12-7-3-2-6(10)5(4-9)8(7)11/h2-3H,4H2,1H3. The highest BCUT2D eigenvalue weighted by Gasteiger charge is 2.10. The van der Waals surface area contributed by atoms with Gasteiger partial charge in [-0.1, -0.05) is 27.5 Å². The van der Waals surface area contributed by atoms with E-state index in [0.717, 1.165) is 0 Å². The van der Waals surface area contributed by atoms with Crippen LogP contribution in [0, 0.1) is 5.82 Å². The normalized spacial score (nSPS) is 10.0. The minimum atomic E-state index is -0.401. The van der Waals surface area contributed by atoms with Gasteiger partial charge in [0, 0.05) is 15.9 Å². The van der Waals surface area contributed by atoms with Gasteiger partial charge >= 0.3 is 0 Å². The summed E-state index contributed by atoms with van der Waals surface area (Å²) in [6.07, 6.45) is 0. The Morgan fingerprint density at radius 3 is 2.75 bits per heavy atom. The first-order valence-corrected chi connectivity index (χ1v) is 4.77. The highest BCUT2D eigenvalue weighted by molar-refractivity contribution is 9.08. The lowest BCUT2D eigenvalue weighted by atomic mass is 10.2. The minimum absolute atomic E-state index is 0.217. The van der Waals surface area contributed by atoms with Gasteiger partial charge < -0.3 is 4.74 Å². The highest BCUT2D eigenvalue weighted by Crippen LogP contribution is 2.28. The summed E-state index contributed by atoms with van der Waals surface area (Å²) in [4.78, 5) is 0. The van der Waals surface area contributed by atoms with E-state index in [-0.39, 0.29) is 5.75 Å². The van der Waals surface area contributed by atoms with Crippen LogP contribution in [0.4, 0.5) is 4.39 Å². The van der Waals surface area contributed by atoms with Crippen molar-refractivity contribution in [2.45, 2.75) is 5.33 Å². The van der Waals surface area contributed by atoms with Gasteiger partial charge in [0.2, 0.25) is 0 Å². The molecule has 0 atom stereocenters. The Balaban J connectivity index is 3.24. The third-order valence-electron chi connectivity index (χ3n) is 1.50. The molecule has 0 amide bonds. The van der Waals surface area contributed by atoms with Crippen LogP contribution in [0.2, 0.25) is 5.02 Å². The second-order valence-electron chi connectivity index (χ2n) is 2.18. The molecule has 1 aromatic carbocycles. The van der Waals surface area contributed by atoms with Crippen LogP contribution in [0.3, 0.4) is 0 Å². The molecule has 0 unspecified atom stereocenters. The van der Waals surface area contributed by atoms with E-state index in [1.807, 2.05) is 0 Å². The van der Waals surface area contributed by atoms with Crippen molar-refractivity contribution in [1.29, 1.82) is 0 Å². The van der Waals surface area contributed by atoms with Crippen molar-refractivity contribution in [3.8, 4) is 5.75 Å². The van der Waals surface area contributed by atoms with Gasteiger partial charge in [0.05, 0.1) is 7.11 Å². The summed E-state index contributed by atoms with van der Waals surface area (Å²) in [5.74, 6) is -0.185. The number of hydrogen-bond donors (Lipinski definition) is 0. The maximum Gasteiger partial charge on any atom is 0.170 e. The van der Waals surface area contributed by atoms with Crippen LogP contribution in [-0.4, -0.2) is 7.11 Å². The van der Waals surface area contributed by atoms with Crippen LogP contribution in [0.1, 0.15) is 5.56 Å². The molecule has 1 nitrogen and oxygen atoms in total. The van der Waals surface area contributed by atoms with Crippen molar-refractivity contribution in [1.82, 2.24) is 0 Å². The van der Waals surface area contributed by atoms with Gasteiger partial charge in [-0.3, -0.25) is 0 Å². The van der Waals surface area contributed by atoms with Crippen LogP contribution >= 0.6 is 27.5 Å². The van der Waals surface area contributed by atoms with Crippen molar-refractivity contribution < 1.29 is 9.13 Å². The molecule has 0 aliphatic heterocycles. The molecule has 0 fully saturated rings. The topological polar surface area (TPSA) is 9.23 Å². The first-order valence-electron chi connectivity index (χ1n) is 3.27. The average molecular weight is 253 g/mol. The molecule has 0 N–H and O–H groups in total. The lowest BCUT2D eigenvalue weighted by molar-refractivity contribution is 0.385. The Morgan fingerprint density at radius 1 is 1.58 bits per heavy atom. The number of hydrogen-bond acceptors (Lipinski definition) is 1. The van der Waals surface area contributed by atoms with Crippen LogP contribution in [0.5, 0.6) is 5.75 Å². The molecule has 12 heavy (non-hydrogen) atoms. The number of methoxy groups -OCH3 is 1. The van der Waals surface area contributed by atoms with Gasteiger partial charge in [-0.25, -0.2) is 4.39 Å². The van der Waals surface area contributed by atoms with Crippen molar-refractivity contribution >= 4 is 27.5 Å². The molecular formula is C8H7BrClFO. The smallest absolute Gasteiger partial charge is 0.170 e. The fourth-order valence-corrected chi connectivity index (χ4v) is 1.78. The van der Waals surface area contributed by atoms with Gasteiger partial charge in [-0.05, 0) is 12.1 Å². The third kappa shape index (κ3) is 1.72. The van der Waals surface area contributed by atoms with E-state index >= 15 is 0 Å². The molecular weight excluding hydrogens is 246 g/mol. The predicted octanol–water partition coefficient (Wildman–Crippen LogP) is 3.38. The van der Waals surface area contributed by atoms with Gasteiger partial charge in [0.15, 0.2) is 11.6 Å².